The Morgan fingerprint density at radius 1 is 1.39 bits per heavy atom. The number of aromatic nitrogens is 1. The molecule has 1 aromatic heterocycles. The highest BCUT2D eigenvalue weighted by Gasteiger charge is 2.31. The van der Waals surface area contributed by atoms with Crippen molar-refractivity contribution in [3.05, 3.63) is 29.1 Å². The Morgan fingerprint density at radius 2 is 2.06 bits per heavy atom. The fraction of sp³-hybridized carbons (Fsp3) is 0.600. The number of methoxy groups -OCH3 is 1. The standard InChI is InChI=1S/C15H21NO2/c1-15(2,3)13-12(14(17)18-4)11(8-9-16-13)10-6-5-7-10/h8-10H,5-7H2,1-4H3. The van der Waals surface area contributed by atoms with Crippen LogP contribution >= 0.6 is 0 Å². The molecule has 0 spiro atoms. The van der Waals surface area contributed by atoms with Crippen molar-refractivity contribution >= 4 is 5.97 Å². The number of hydrogen-bond acceptors (Lipinski definition) is 3. The molecule has 0 amide bonds. The van der Waals surface area contributed by atoms with Crippen LogP contribution in [0.3, 0.4) is 0 Å². The zero-order valence-electron chi connectivity index (χ0n) is 11.6. The van der Waals surface area contributed by atoms with Crippen molar-refractivity contribution < 1.29 is 9.53 Å². The number of carbonyl (C=O) groups excluding carboxylic acids is 1. The molecule has 3 nitrogen and oxygen atoms in total. The summed E-state index contributed by atoms with van der Waals surface area (Å²) in [7, 11) is 1.44. The molecule has 98 valence electrons. The summed E-state index contributed by atoms with van der Waals surface area (Å²) in [5, 5.41) is 0. The Bertz CT molecular complexity index is 456. The molecule has 18 heavy (non-hydrogen) atoms. The second kappa shape index (κ2) is 4.71. The Labute approximate surface area is 109 Å². The van der Waals surface area contributed by atoms with Crippen LogP contribution < -0.4 is 0 Å². The minimum Gasteiger partial charge on any atom is -0.465 e. The maximum absolute atomic E-state index is 12.1. The monoisotopic (exact) mass is 247 g/mol. The summed E-state index contributed by atoms with van der Waals surface area (Å²) in [4.78, 5) is 16.5. The Morgan fingerprint density at radius 3 is 2.50 bits per heavy atom. The molecule has 0 radical (unpaired) electrons. The highest BCUT2D eigenvalue weighted by atomic mass is 16.5. The summed E-state index contributed by atoms with van der Waals surface area (Å²) in [6.45, 7) is 6.23. The van der Waals surface area contributed by atoms with E-state index in [4.69, 9.17) is 4.74 Å². The fourth-order valence-corrected chi connectivity index (χ4v) is 2.42. The second-order valence-corrected chi connectivity index (χ2v) is 5.99. The van der Waals surface area contributed by atoms with Gasteiger partial charge in [-0.3, -0.25) is 4.98 Å². The molecule has 1 fully saturated rings. The first-order chi connectivity index (χ1) is 8.45. The van der Waals surface area contributed by atoms with Crippen molar-refractivity contribution in [3.8, 4) is 0 Å². The maximum atomic E-state index is 12.1. The predicted octanol–water partition coefficient (Wildman–Crippen LogP) is 3.43. The van der Waals surface area contributed by atoms with Crippen LogP contribution in [0.4, 0.5) is 0 Å². The average Bonchev–Trinajstić information content (AvgIpc) is 2.24. The van der Waals surface area contributed by atoms with Gasteiger partial charge in [-0.2, -0.15) is 0 Å². The molecule has 0 aliphatic heterocycles. The van der Waals surface area contributed by atoms with Crippen molar-refractivity contribution in [1.29, 1.82) is 0 Å². The number of ether oxygens (including phenoxy) is 1. The summed E-state index contributed by atoms with van der Waals surface area (Å²) in [5.74, 6) is 0.248. The third-order valence-corrected chi connectivity index (χ3v) is 3.63. The lowest BCUT2D eigenvalue weighted by molar-refractivity contribution is 0.0594. The minimum atomic E-state index is -0.255. The number of pyridine rings is 1. The molecular weight excluding hydrogens is 226 g/mol. The number of carbonyl (C=O) groups is 1. The molecule has 0 bridgehead atoms. The smallest absolute Gasteiger partial charge is 0.340 e. The number of hydrogen-bond donors (Lipinski definition) is 0. The van der Waals surface area contributed by atoms with Gasteiger partial charge in [0.2, 0.25) is 0 Å². The van der Waals surface area contributed by atoms with Crippen LogP contribution in [0.15, 0.2) is 12.3 Å². The highest BCUT2D eigenvalue weighted by Crippen LogP contribution is 2.40. The van der Waals surface area contributed by atoms with Gasteiger partial charge in [0, 0.05) is 11.6 Å². The van der Waals surface area contributed by atoms with Crippen LogP contribution in [-0.4, -0.2) is 18.1 Å². The first-order valence-electron chi connectivity index (χ1n) is 6.53. The van der Waals surface area contributed by atoms with Crippen LogP contribution in [0.1, 0.15) is 67.6 Å². The normalized spacial score (nSPS) is 16.2. The van der Waals surface area contributed by atoms with E-state index in [0.717, 1.165) is 24.1 Å². The van der Waals surface area contributed by atoms with E-state index in [-0.39, 0.29) is 11.4 Å². The molecular formula is C15H21NO2. The van der Waals surface area contributed by atoms with E-state index in [2.05, 4.69) is 25.8 Å². The topological polar surface area (TPSA) is 39.2 Å². The van der Waals surface area contributed by atoms with Crippen molar-refractivity contribution in [2.24, 2.45) is 0 Å². The van der Waals surface area contributed by atoms with Gasteiger partial charge >= 0.3 is 5.97 Å². The van der Waals surface area contributed by atoms with Gasteiger partial charge in [-0.15, -0.1) is 0 Å². The molecule has 1 heterocycles. The van der Waals surface area contributed by atoms with E-state index in [0.29, 0.717) is 11.5 Å². The molecule has 1 aliphatic rings. The van der Waals surface area contributed by atoms with Crippen LogP contribution in [0.25, 0.3) is 0 Å². The molecule has 1 aliphatic carbocycles. The summed E-state index contributed by atoms with van der Waals surface area (Å²) < 4.78 is 4.95. The minimum absolute atomic E-state index is 0.150. The number of esters is 1. The molecule has 0 saturated heterocycles. The lowest BCUT2D eigenvalue weighted by Crippen LogP contribution is -2.24. The molecule has 2 rings (SSSR count). The zero-order chi connectivity index (χ0) is 13.3. The van der Waals surface area contributed by atoms with Gasteiger partial charge < -0.3 is 4.74 Å². The average molecular weight is 247 g/mol. The third kappa shape index (κ3) is 2.26. The molecule has 0 unspecified atom stereocenters. The Hall–Kier alpha value is -1.38. The van der Waals surface area contributed by atoms with Crippen LogP contribution in [0.5, 0.6) is 0 Å². The van der Waals surface area contributed by atoms with Crippen LogP contribution in [-0.2, 0) is 10.2 Å². The van der Waals surface area contributed by atoms with E-state index >= 15 is 0 Å². The SMILES string of the molecule is COC(=O)c1c(C2CCC2)ccnc1C(C)(C)C. The van der Waals surface area contributed by atoms with Crippen molar-refractivity contribution in [1.82, 2.24) is 4.98 Å². The van der Waals surface area contributed by atoms with Gasteiger partial charge in [0.25, 0.3) is 0 Å². The predicted molar refractivity (Wildman–Crippen MR) is 70.9 cm³/mol. The second-order valence-electron chi connectivity index (χ2n) is 5.99. The van der Waals surface area contributed by atoms with E-state index in [9.17, 15) is 4.79 Å². The lowest BCUT2D eigenvalue weighted by atomic mass is 9.76. The molecule has 0 N–H and O–H groups in total. The summed E-state index contributed by atoms with van der Waals surface area (Å²) >= 11 is 0. The van der Waals surface area contributed by atoms with Gasteiger partial charge in [0.1, 0.15) is 0 Å². The first kappa shape index (κ1) is 13.1. The summed E-state index contributed by atoms with van der Waals surface area (Å²) in [5.41, 5.74) is 2.51. The lowest BCUT2D eigenvalue weighted by Gasteiger charge is -2.30. The maximum Gasteiger partial charge on any atom is 0.340 e. The molecule has 3 heteroatoms. The van der Waals surface area contributed by atoms with Gasteiger partial charge in [0.05, 0.1) is 18.4 Å². The Balaban J connectivity index is 2.56. The van der Waals surface area contributed by atoms with Crippen molar-refractivity contribution in [2.75, 3.05) is 7.11 Å². The van der Waals surface area contributed by atoms with Gasteiger partial charge in [0.15, 0.2) is 0 Å². The first-order valence-corrected chi connectivity index (χ1v) is 6.53. The molecule has 1 saturated carbocycles. The number of nitrogens with zero attached hydrogens (tertiary/aromatic N) is 1. The summed E-state index contributed by atoms with van der Waals surface area (Å²) in [6.07, 6.45) is 5.40. The van der Waals surface area contributed by atoms with Crippen molar-refractivity contribution in [2.45, 2.75) is 51.4 Å². The quantitative estimate of drug-likeness (QED) is 0.751. The molecule has 0 atom stereocenters. The van der Waals surface area contributed by atoms with E-state index in [1.54, 1.807) is 0 Å². The van der Waals surface area contributed by atoms with Gasteiger partial charge in [-0.1, -0.05) is 27.2 Å². The third-order valence-electron chi connectivity index (χ3n) is 3.63. The summed E-state index contributed by atoms with van der Waals surface area (Å²) in [6, 6.07) is 1.98. The van der Waals surface area contributed by atoms with Crippen LogP contribution in [0.2, 0.25) is 0 Å². The van der Waals surface area contributed by atoms with E-state index in [1.807, 2.05) is 12.3 Å². The highest BCUT2D eigenvalue weighted by molar-refractivity contribution is 5.92. The van der Waals surface area contributed by atoms with E-state index in [1.165, 1.54) is 13.5 Å². The van der Waals surface area contributed by atoms with E-state index < -0.39 is 0 Å². The molecule has 1 aromatic rings. The molecule has 0 aromatic carbocycles. The van der Waals surface area contributed by atoms with Gasteiger partial charge in [-0.25, -0.2) is 4.79 Å². The fourth-order valence-electron chi connectivity index (χ4n) is 2.42. The largest absolute Gasteiger partial charge is 0.465 e. The Kier molecular flexibility index (Phi) is 3.42. The van der Waals surface area contributed by atoms with Gasteiger partial charge in [-0.05, 0) is 30.4 Å². The zero-order valence-corrected chi connectivity index (χ0v) is 11.6. The van der Waals surface area contributed by atoms with Crippen molar-refractivity contribution in [3.63, 3.8) is 0 Å². The van der Waals surface area contributed by atoms with Crippen LogP contribution in [0, 0.1) is 0 Å². The number of rotatable bonds is 2.